The van der Waals surface area contributed by atoms with Gasteiger partial charge < -0.3 is 10.2 Å². The highest BCUT2D eigenvalue weighted by Crippen LogP contribution is 2.25. The van der Waals surface area contributed by atoms with Crippen LogP contribution in [0.5, 0.6) is 0 Å². The van der Waals surface area contributed by atoms with Gasteiger partial charge in [-0.1, -0.05) is 42.4 Å². The van der Waals surface area contributed by atoms with Crippen molar-refractivity contribution in [3.8, 4) is 0 Å². The molecule has 0 bridgehead atoms. The minimum Gasteiger partial charge on any atom is -0.348 e. The molecular formula is C19H21N5O2S. The molecule has 1 aromatic carbocycles. The van der Waals surface area contributed by atoms with Gasteiger partial charge in [-0.05, 0) is 31.9 Å². The highest BCUT2D eigenvalue weighted by Gasteiger charge is 2.33. The molecule has 1 aliphatic rings. The number of aryl methyl sites for hydroxylation is 2. The van der Waals surface area contributed by atoms with Crippen LogP contribution in [0.2, 0.25) is 0 Å². The minimum absolute atomic E-state index is 0.0186. The molecule has 3 aromatic rings. The Kier molecular flexibility index (Phi) is 4.65. The van der Waals surface area contributed by atoms with Crippen molar-refractivity contribution in [1.29, 1.82) is 0 Å². The first kappa shape index (κ1) is 17.7. The van der Waals surface area contributed by atoms with E-state index in [-0.39, 0.29) is 17.5 Å². The van der Waals surface area contributed by atoms with Gasteiger partial charge in [-0.3, -0.25) is 9.59 Å². The second-order valence-corrected chi connectivity index (χ2v) is 7.70. The summed E-state index contributed by atoms with van der Waals surface area (Å²) in [5.41, 5.74) is 2.66. The van der Waals surface area contributed by atoms with Gasteiger partial charge in [-0.15, -0.1) is 5.10 Å². The largest absolute Gasteiger partial charge is 0.348 e. The maximum atomic E-state index is 12.8. The van der Waals surface area contributed by atoms with Crippen LogP contribution in [0.15, 0.2) is 35.1 Å². The number of carbonyl (C=O) groups excluding carboxylic acids is 1. The van der Waals surface area contributed by atoms with Gasteiger partial charge in [0.05, 0.1) is 0 Å². The SMILES string of the molecule is CCCc1cc(=O)n2nc(NC3CCN(c4ccc(C)cc4)C3=O)sc2n1. The lowest BCUT2D eigenvalue weighted by Crippen LogP contribution is -2.33. The molecule has 0 aliphatic carbocycles. The standard InChI is InChI=1S/C19H21N5O2S/c1-3-4-13-11-16(25)24-19(20-13)27-18(22-24)21-15-9-10-23(17(15)26)14-7-5-12(2)6-8-14/h5-8,11,15H,3-4,9-10H2,1-2H3,(H,21,22). The maximum Gasteiger partial charge on any atom is 0.275 e. The van der Waals surface area contributed by atoms with E-state index in [2.05, 4.69) is 22.3 Å². The van der Waals surface area contributed by atoms with Crippen LogP contribution < -0.4 is 15.8 Å². The second kappa shape index (κ2) is 7.11. The van der Waals surface area contributed by atoms with Crippen molar-refractivity contribution >= 4 is 33.0 Å². The molecule has 1 atom stereocenters. The van der Waals surface area contributed by atoms with E-state index < -0.39 is 0 Å². The third-order valence-electron chi connectivity index (χ3n) is 4.65. The van der Waals surface area contributed by atoms with Crippen LogP contribution in [-0.4, -0.2) is 33.1 Å². The van der Waals surface area contributed by atoms with E-state index in [0.717, 1.165) is 29.8 Å². The third kappa shape index (κ3) is 3.44. The Morgan fingerprint density at radius 3 is 2.78 bits per heavy atom. The van der Waals surface area contributed by atoms with Crippen molar-refractivity contribution in [3.63, 3.8) is 0 Å². The smallest absolute Gasteiger partial charge is 0.275 e. The predicted molar refractivity (Wildman–Crippen MR) is 107 cm³/mol. The zero-order valence-corrected chi connectivity index (χ0v) is 16.1. The molecule has 1 unspecified atom stereocenters. The average molecular weight is 383 g/mol. The lowest BCUT2D eigenvalue weighted by Gasteiger charge is -2.17. The van der Waals surface area contributed by atoms with Crippen molar-refractivity contribution in [1.82, 2.24) is 14.6 Å². The Morgan fingerprint density at radius 1 is 1.26 bits per heavy atom. The molecule has 0 saturated carbocycles. The zero-order chi connectivity index (χ0) is 19.0. The number of nitrogens with one attached hydrogen (secondary N) is 1. The first-order chi connectivity index (χ1) is 13.0. The highest BCUT2D eigenvalue weighted by molar-refractivity contribution is 7.20. The van der Waals surface area contributed by atoms with Gasteiger partial charge in [0.25, 0.3) is 5.56 Å². The summed E-state index contributed by atoms with van der Waals surface area (Å²) < 4.78 is 1.29. The molecule has 0 spiro atoms. The van der Waals surface area contributed by atoms with Gasteiger partial charge in [0.15, 0.2) is 0 Å². The van der Waals surface area contributed by atoms with Crippen LogP contribution in [0.3, 0.4) is 0 Å². The Bertz CT molecular complexity index is 1040. The molecule has 1 N–H and O–H groups in total. The average Bonchev–Trinajstić information content (AvgIpc) is 3.21. The number of aromatic nitrogens is 3. The molecule has 1 saturated heterocycles. The van der Waals surface area contributed by atoms with E-state index in [1.165, 1.54) is 21.9 Å². The number of nitrogens with zero attached hydrogens (tertiary/aromatic N) is 4. The summed E-state index contributed by atoms with van der Waals surface area (Å²) in [4.78, 5) is 31.8. The van der Waals surface area contributed by atoms with Crippen LogP contribution >= 0.6 is 11.3 Å². The zero-order valence-electron chi connectivity index (χ0n) is 15.3. The van der Waals surface area contributed by atoms with Crippen LogP contribution in [0, 0.1) is 6.92 Å². The Balaban J connectivity index is 1.54. The van der Waals surface area contributed by atoms with E-state index in [4.69, 9.17) is 0 Å². The van der Waals surface area contributed by atoms with Gasteiger partial charge in [-0.2, -0.15) is 4.52 Å². The van der Waals surface area contributed by atoms with Crippen LogP contribution in [0.4, 0.5) is 10.8 Å². The molecular weight excluding hydrogens is 362 g/mol. The topological polar surface area (TPSA) is 79.6 Å². The molecule has 1 amide bonds. The van der Waals surface area contributed by atoms with Crippen molar-refractivity contribution in [2.45, 2.75) is 39.2 Å². The predicted octanol–water partition coefficient (Wildman–Crippen LogP) is 2.63. The molecule has 3 heterocycles. The van der Waals surface area contributed by atoms with E-state index in [0.29, 0.717) is 23.1 Å². The van der Waals surface area contributed by atoms with E-state index >= 15 is 0 Å². The van der Waals surface area contributed by atoms with Crippen molar-refractivity contribution < 1.29 is 4.79 Å². The van der Waals surface area contributed by atoms with Crippen molar-refractivity contribution in [2.24, 2.45) is 0 Å². The minimum atomic E-state index is -0.349. The molecule has 2 aromatic heterocycles. The first-order valence-corrected chi connectivity index (χ1v) is 9.91. The second-order valence-electron chi connectivity index (χ2n) is 6.75. The number of fused-ring (bicyclic) bond motifs is 1. The Hall–Kier alpha value is -2.74. The lowest BCUT2D eigenvalue weighted by atomic mass is 10.2. The van der Waals surface area contributed by atoms with Gasteiger partial charge >= 0.3 is 0 Å². The fourth-order valence-corrected chi connectivity index (χ4v) is 4.12. The van der Waals surface area contributed by atoms with Gasteiger partial charge in [0.2, 0.25) is 16.0 Å². The van der Waals surface area contributed by atoms with E-state index in [9.17, 15) is 9.59 Å². The number of amides is 1. The number of anilines is 2. The molecule has 4 rings (SSSR count). The van der Waals surface area contributed by atoms with Crippen LogP contribution in [0.1, 0.15) is 31.0 Å². The van der Waals surface area contributed by atoms with Gasteiger partial charge in [0.1, 0.15) is 6.04 Å². The first-order valence-electron chi connectivity index (χ1n) is 9.09. The van der Waals surface area contributed by atoms with Crippen molar-refractivity contribution in [2.75, 3.05) is 16.8 Å². The normalized spacial score (nSPS) is 17.0. The Labute approximate surface area is 160 Å². The molecule has 7 nitrogen and oxygen atoms in total. The molecule has 1 aliphatic heterocycles. The summed E-state index contributed by atoms with van der Waals surface area (Å²) in [6.07, 6.45) is 2.38. The molecule has 1 fully saturated rings. The number of hydrogen-bond acceptors (Lipinski definition) is 6. The number of carbonyl (C=O) groups is 1. The number of benzene rings is 1. The number of hydrogen-bond donors (Lipinski definition) is 1. The molecule has 8 heteroatoms. The van der Waals surface area contributed by atoms with Crippen LogP contribution in [0.25, 0.3) is 4.96 Å². The molecule has 27 heavy (non-hydrogen) atoms. The molecule has 0 radical (unpaired) electrons. The summed E-state index contributed by atoms with van der Waals surface area (Å²) in [6, 6.07) is 9.11. The maximum absolute atomic E-state index is 12.8. The summed E-state index contributed by atoms with van der Waals surface area (Å²) >= 11 is 1.30. The van der Waals surface area contributed by atoms with Crippen molar-refractivity contribution in [3.05, 3.63) is 51.9 Å². The summed E-state index contributed by atoms with van der Waals surface area (Å²) in [7, 11) is 0. The van der Waals surface area contributed by atoms with Crippen LogP contribution in [-0.2, 0) is 11.2 Å². The monoisotopic (exact) mass is 383 g/mol. The van der Waals surface area contributed by atoms with E-state index in [1.54, 1.807) is 4.90 Å². The van der Waals surface area contributed by atoms with Gasteiger partial charge in [-0.25, -0.2) is 4.98 Å². The fraction of sp³-hybridized carbons (Fsp3) is 0.368. The van der Waals surface area contributed by atoms with Gasteiger partial charge in [0, 0.05) is 24.0 Å². The summed E-state index contributed by atoms with van der Waals surface area (Å²) in [5.74, 6) is 0.0186. The Morgan fingerprint density at radius 2 is 2.04 bits per heavy atom. The van der Waals surface area contributed by atoms with E-state index in [1.807, 2.05) is 31.2 Å². The third-order valence-corrected chi connectivity index (χ3v) is 5.49. The lowest BCUT2D eigenvalue weighted by molar-refractivity contribution is -0.117. The quantitative estimate of drug-likeness (QED) is 0.733. The fourth-order valence-electron chi connectivity index (χ4n) is 3.24. The highest BCUT2D eigenvalue weighted by atomic mass is 32.1. The molecule has 140 valence electrons. The number of rotatable bonds is 5. The summed E-state index contributed by atoms with van der Waals surface area (Å²) in [6.45, 7) is 4.73. The summed E-state index contributed by atoms with van der Waals surface area (Å²) in [5, 5.41) is 8.02.